The molecule has 94 valence electrons. The number of hydrogen-bond donors (Lipinski definition) is 0. The van der Waals surface area contributed by atoms with Gasteiger partial charge < -0.3 is 4.74 Å². The highest BCUT2D eigenvalue weighted by Gasteiger charge is 2.37. The number of hydrogen-bond acceptors (Lipinski definition) is 3. The Bertz CT molecular complexity index is 452. The van der Waals surface area contributed by atoms with Gasteiger partial charge in [-0.05, 0) is 24.3 Å². The summed E-state index contributed by atoms with van der Waals surface area (Å²) < 4.78 is 27.5. The molecule has 0 heterocycles. The summed E-state index contributed by atoms with van der Waals surface area (Å²) in [6.07, 6.45) is 1.25. The molecule has 3 nitrogen and oxygen atoms in total. The van der Waals surface area contributed by atoms with Crippen molar-refractivity contribution in [1.29, 1.82) is 0 Å². The minimum Gasteiger partial charge on any atom is -0.376 e. The predicted octanol–water partition coefficient (Wildman–Crippen LogP) is 2.55. The standard InChI is InChI=1S/C12H15ClO3S/c13-17(14,15)12-6-11(7-12)9-16-8-10-4-2-1-3-5-10/h1-5,11-12H,6-9H2. The second-order valence-electron chi connectivity index (χ2n) is 4.44. The molecule has 0 radical (unpaired) electrons. The molecular weight excluding hydrogens is 260 g/mol. The van der Waals surface area contributed by atoms with E-state index in [0.717, 1.165) is 5.56 Å². The largest absolute Gasteiger partial charge is 0.376 e. The van der Waals surface area contributed by atoms with Gasteiger partial charge in [0.25, 0.3) is 0 Å². The summed E-state index contributed by atoms with van der Waals surface area (Å²) in [5.41, 5.74) is 1.13. The summed E-state index contributed by atoms with van der Waals surface area (Å²) in [6, 6.07) is 9.92. The van der Waals surface area contributed by atoms with Crippen molar-refractivity contribution in [1.82, 2.24) is 0 Å². The summed E-state index contributed by atoms with van der Waals surface area (Å²) in [5.74, 6) is 0.331. The maximum atomic E-state index is 11.0. The van der Waals surface area contributed by atoms with Gasteiger partial charge in [-0.25, -0.2) is 8.42 Å². The third kappa shape index (κ3) is 3.69. The Balaban J connectivity index is 1.66. The van der Waals surface area contributed by atoms with E-state index in [9.17, 15) is 8.42 Å². The predicted molar refractivity (Wildman–Crippen MR) is 67.4 cm³/mol. The zero-order valence-corrected chi connectivity index (χ0v) is 11.0. The summed E-state index contributed by atoms with van der Waals surface area (Å²) >= 11 is 0. The van der Waals surface area contributed by atoms with Crippen molar-refractivity contribution < 1.29 is 13.2 Å². The first-order chi connectivity index (χ1) is 8.05. The van der Waals surface area contributed by atoms with Crippen molar-refractivity contribution in [3.63, 3.8) is 0 Å². The van der Waals surface area contributed by atoms with E-state index >= 15 is 0 Å². The molecule has 1 aromatic carbocycles. The summed E-state index contributed by atoms with van der Waals surface area (Å²) in [4.78, 5) is 0. The van der Waals surface area contributed by atoms with Crippen LogP contribution in [-0.4, -0.2) is 20.3 Å². The maximum absolute atomic E-state index is 11.0. The molecule has 1 fully saturated rings. The first kappa shape index (κ1) is 12.9. The van der Waals surface area contributed by atoms with E-state index in [1.165, 1.54) is 0 Å². The summed E-state index contributed by atoms with van der Waals surface area (Å²) in [5, 5.41) is -0.366. The van der Waals surface area contributed by atoms with Crippen LogP contribution in [-0.2, 0) is 20.4 Å². The smallest absolute Gasteiger partial charge is 0.235 e. The van der Waals surface area contributed by atoms with Gasteiger partial charge in [0.1, 0.15) is 0 Å². The first-order valence-electron chi connectivity index (χ1n) is 5.61. The summed E-state index contributed by atoms with van der Waals surface area (Å²) in [6.45, 7) is 1.19. The third-order valence-corrected chi connectivity index (χ3v) is 4.99. The van der Waals surface area contributed by atoms with Crippen LogP contribution in [0.25, 0.3) is 0 Å². The summed E-state index contributed by atoms with van der Waals surface area (Å²) in [7, 11) is 1.90. The van der Waals surface area contributed by atoms with Crippen molar-refractivity contribution in [2.24, 2.45) is 5.92 Å². The fraction of sp³-hybridized carbons (Fsp3) is 0.500. The molecule has 1 aliphatic carbocycles. The van der Waals surface area contributed by atoms with E-state index in [1.54, 1.807) is 0 Å². The molecule has 0 N–H and O–H groups in total. The molecule has 0 atom stereocenters. The first-order valence-corrected chi connectivity index (χ1v) is 7.98. The molecule has 1 aromatic rings. The molecule has 0 unspecified atom stereocenters. The van der Waals surface area contributed by atoms with Crippen LogP contribution in [0.1, 0.15) is 18.4 Å². The van der Waals surface area contributed by atoms with E-state index in [2.05, 4.69) is 0 Å². The van der Waals surface area contributed by atoms with E-state index in [-0.39, 0.29) is 5.25 Å². The topological polar surface area (TPSA) is 43.4 Å². The van der Waals surface area contributed by atoms with Crippen molar-refractivity contribution in [3.05, 3.63) is 35.9 Å². The molecule has 0 amide bonds. The Morgan fingerprint density at radius 2 is 1.88 bits per heavy atom. The van der Waals surface area contributed by atoms with Crippen LogP contribution in [0.5, 0.6) is 0 Å². The highest BCUT2D eigenvalue weighted by molar-refractivity contribution is 8.14. The lowest BCUT2D eigenvalue weighted by atomic mass is 9.85. The van der Waals surface area contributed by atoms with Crippen molar-refractivity contribution in [2.45, 2.75) is 24.7 Å². The van der Waals surface area contributed by atoms with Crippen LogP contribution in [0, 0.1) is 5.92 Å². The van der Waals surface area contributed by atoms with E-state index in [1.807, 2.05) is 30.3 Å². The average molecular weight is 275 g/mol. The van der Waals surface area contributed by atoms with Gasteiger partial charge in [0.05, 0.1) is 11.9 Å². The van der Waals surface area contributed by atoms with Gasteiger partial charge >= 0.3 is 0 Å². The number of ether oxygens (including phenoxy) is 1. The van der Waals surface area contributed by atoms with Crippen molar-refractivity contribution in [3.8, 4) is 0 Å². The fourth-order valence-electron chi connectivity index (χ4n) is 1.96. The molecule has 0 aromatic heterocycles. The van der Waals surface area contributed by atoms with Gasteiger partial charge in [-0.1, -0.05) is 30.3 Å². The van der Waals surface area contributed by atoms with Crippen LogP contribution >= 0.6 is 10.7 Å². The zero-order chi connectivity index (χ0) is 12.3. The monoisotopic (exact) mass is 274 g/mol. The molecular formula is C12H15ClO3S. The Labute approximate surface area is 106 Å². The van der Waals surface area contributed by atoms with Crippen molar-refractivity contribution in [2.75, 3.05) is 6.61 Å². The third-order valence-electron chi connectivity index (χ3n) is 3.06. The quantitative estimate of drug-likeness (QED) is 0.775. The Morgan fingerprint density at radius 1 is 1.24 bits per heavy atom. The van der Waals surface area contributed by atoms with Gasteiger partial charge in [0, 0.05) is 17.3 Å². The molecule has 0 saturated heterocycles. The second kappa shape index (κ2) is 5.38. The van der Waals surface area contributed by atoms with Crippen LogP contribution in [0.4, 0.5) is 0 Å². The lowest BCUT2D eigenvalue weighted by molar-refractivity contribution is 0.0611. The van der Waals surface area contributed by atoms with Crippen LogP contribution in [0.2, 0.25) is 0 Å². The SMILES string of the molecule is O=S(=O)(Cl)C1CC(COCc2ccccc2)C1. The highest BCUT2D eigenvalue weighted by Crippen LogP contribution is 2.34. The number of benzene rings is 1. The van der Waals surface area contributed by atoms with E-state index < -0.39 is 9.05 Å². The van der Waals surface area contributed by atoms with Crippen LogP contribution in [0.15, 0.2) is 30.3 Å². The Kier molecular flexibility index (Phi) is 4.07. The van der Waals surface area contributed by atoms with Gasteiger partial charge in [-0.15, -0.1) is 0 Å². The lowest BCUT2D eigenvalue weighted by Crippen LogP contribution is -2.35. The minimum atomic E-state index is -3.36. The molecule has 1 saturated carbocycles. The van der Waals surface area contributed by atoms with Crippen molar-refractivity contribution >= 4 is 19.7 Å². The molecule has 17 heavy (non-hydrogen) atoms. The van der Waals surface area contributed by atoms with Crippen LogP contribution in [0.3, 0.4) is 0 Å². The van der Waals surface area contributed by atoms with Gasteiger partial charge in [0.15, 0.2) is 0 Å². The fourth-order valence-corrected chi connectivity index (χ4v) is 3.40. The molecule has 1 aliphatic rings. The lowest BCUT2D eigenvalue weighted by Gasteiger charge is -2.32. The van der Waals surface area contributed by atoms with Gasteiger partial charge in [-0.3, -0.25) is 0 Å². The van der Waals surface area contributed by atoms with E-state index in [0.29, 0.717) is 32.0 Å². The Hall–Kier alpha value is -0.580. The van der Waals surface area contributed by atoms with Crippen LogP contribution < -0.4 is 0 Å². The molecule has 0 bridgehead atoms. The normalized spacial score (nSPS) is 24.3. The van der Waals surface area contributed by atoms with Gasteiger partial charge in [-0.2, -0.15) is 0 Å². The molecule has 0 aliphatic heterocycles. The second-order valence-corrected chi connectivity index (χ2v) is 7.34. The Morgan fingerprint density at radius 3 is 2.47 bits per heavy atom. The van der Waals surface area contributed by atoms with E-state index in [4.69, 9.17) is 15.4 Å². The average Bonchev–Trinajstić information content (AvgIpc) is 2.21. The maximum Gasteiger partial charge on any atom is 0.235 e. The highest BCUT2D eigenvalue weighted by atomic mass is 35.7. The minimum absolute atomic E-state index is 0.331. The number of halogens is 1. The van der Waals surface area contributed by atoms with Gasteiger partial charge in [0.2, 0.25) is 9.05 Å². The zero-order valence-electron chi connectivity index (χ0n) is 9.38. The number of rotatable bonds is 5. The molecule has 0 spiro atoms. The molecule has 2 rings (SSSR count). The molecule has 5 heteroatoms.